The van der Waals surface area contributed by atoms with Gasteiger partial charge in [-0.25, -0.2) is 4.79 Å². The number of rotatable bonds is 6. The molecule has 0 radical (unpaired) electrons. The Labute approximate surface area is 183 Å². The summed E-state index contributed by atoms with van der Waals surface area (Å²) in [6.45, 7) is 4.41. The first-order valence-electron chi connectivity index (χ1n) is 12.2. The molecule has 2 aliphatic carbocycles. The smallest absolute Gasteiger partial charge is 0.338 e. The first-order chi connectivity index (χ1) is 14.7. The summed E-state index contributed by atoms with van der Waals surface area (Å²) in [4.78, 5) is 12.4. The van der Waals surface area contributed by atoms with E-state index in [0.717, 1.165) is 43.9 Å². The number of aryl methyl sites for hydroxylation is 1. The van der Waals surface area contributed by atoms with Crippen LogP contribution >= 0.6 is 0 Å². The van der Waals surface area contributed by atoms with Crippen LogP contribution in [0.3, 0.4) is 0 Å². The van der Waals surface area contributed by atoms with Crippen molar-refractivity contribution in [2.24, 2.45) is 17.8 Å². The van der Waals surface area contributed by atoms with Gasteiger partial charge in [-0.1, -0.05) is 56.7 Å². The normalized spacial score (nSPS) is 26.7. The van der Waals surface area contributed by atoms with Crippen LogP contribution in [0.5, 0.6) is 0 Å². The molecule has 162 valence electrons. The lowest BCUT2D eigenvalue weighted by molar-refractivity contribution is 0.0188. The first-order valence-corrected chi connectivity index (χ1v) is 12.2. The summed E-state index contributed by atoms with van der Waals surface area (Å²) in [6, 6.07) is 7.77. The van der Waals surface area contributed by atoms with Crippen LogP contribution < -0.4 is 0 Å². The standard InChI is InChI=1S/C28H38O2/c1-3-7-23-10-12-24(13-11-23)8-5-6-9-25-16-20-27(21-17-25)30-28(29)26-18-14-22(4-2)15-19-26/h5,8,14-15,18-19,23-25,27H,3-4,7,10-13,16-17,20-21H2,1-2H3/t23-,24-,25-,27-. The number of benzene rings is 1. The van der Waals surface area contributed by atoms with E-state index >= 15 is 0 Å². The van der Waals surface area contributed by atoms with E-state index in [2.05, 4.69) is 37.8 Å². The number of allylic oxidation sites excluding steroid dienone is 2. The summed E-state index contributed by atoms with van der Waals surface area (Å²) >= 11 is 0. The molecular weight excluding hydrogens is 368 g/mol. The topological polar surface area (TPSA) is 26.3 Å². The highest BCUT2D eigenvalue weighted by molar-refractivity contribution is 5.89. The number of hydrogen-bond donors (Lipinski definition) is 0. The van der Waals surface area contributed by atoms with Crippen molar-refractivity contribution in [1.29, 1.82) is 0 Å². The van der Waals surface area contributed by atoms with Gasteiger partial charge in [-0.2, -0.15) is 0 Å². The summed E-state index contributed by atoms with van der Waals surface area (Å²) in [6.07, 6.45) is 17.5. The molecule has 2 saturated carbocycles. The molecule has 0 aliphatic heterocycles. The van der Waals surface area contributed by atoms with Crippen molar-refractivity contribution in [3.63, 3.8) is 0 Å². The quantitative estimate of drug-likeness (QED) is 0.371. The van der Waals surface area contributed by atoms with E-state index in [1.165, 1.54) is 44.1 Å². The van der Waals surface area contributed by atoms with Crippen LogP contribution in [0.2, 0.25) is 0 Å². The van der Waals surface area contributed by atoms with Crippen molar-refractivity contribution in [3.8, 4) is 11.8 Å². The first kappa shape index (κ1) is 22.7. The zero-order valence-corrected chi connectivity index (χ0v) is 18.9. The summed E-state index contributed by atoms with van der Waals surface area (Å²) in [7, 11) is 0. The van der Waals surface area contributed by atoms with Crippen molar-refractivity contribution >= 4 is 5.97 Å². The lowest BCUT2D eigenvalue weighted by Crippen LogP contribution is -2.24. The summed E-state index contributed by atoms with van der Waals surface area (Å²) < 4.78 is 5.73. The van der Waals surface area contributed by atoms with Gasteiger partial charge in [-0.3, -0.25) is 0 Å². The molecule has 3 rings (SSSR count). The van der Waals surface area contributed by atoms with Gasteiger partial charge >= 0.3 is 5.97 Å². The predicted octanol–water partition coefficient (Wildman–Crippen LogP) is 7.13. The molecule has 1 aromatic carbocycles. The summed E-state index contributed by atoms with van der Waals surface area (Å²) in [5.74, 6) is 8.67. The van der Waals surface area contributed by atoms with Gasteiger partial charge < -0.3 is 4.74 Å². The van der Waals surface area contributed by atoms with Crippen LogP contribution in [0.1, 0.15) is 94.0 Å². The van der Waals surface area contributed by atoms with Gasteiger partial charge in [0.15, 0.2) is 0 Å². The minimum Gasteiger partial charge on any atom is -0.459 e. The average Bonchev–Trinajstić information content (AvgIpc) is 2.79. The number of hydrogen-bond acceptors (Lipinski definition) is 2. The zero-order valence-electron chi connectivity index (χ0n) is 18.9. The van der Waals surface area contributed by atoms with Crippen molar-refractivity contribution < 1.29 is 9.53 Å². The third-order valence-corrected chi connectivity index (χ3v) is 6.87. The van der Waals surface area contributed by atoms with Crippen molar-refractivity contribution in [2.45, 2.75) is 90.6 Å². The second-order valence-corrected chi connectivity index (χ2v) is 9.15. The monoisotopic (exact) mass is 406 g/mol. The maximum atomic E-state index is 12.4. The third kappa shape index (κ3) is 7.05. The Kier molecular flexibility index (Phi) is 9.06. The molecular formula is C28H38O2. The Morgan fingerprint density at radius 2 is 1.70 bits per heavy atom. The molecule has 0 atom stereocenters. The molecule has 0 heterocycles. The number of carbonyl (C=O) groups is 1. The minimum atomic E-state index is -0.191. The summed E-state index contributed by atoms with van der Waals surface area (Å²) in [5.41, 5.74) is 1.90. The predicted molar refractivity (Wildman–Crippen MR) is 124 cm³/mol. The molecule has 0 N–H and O–H groups in total. The molecule has 2 aliphatic rings. The van der Waals surface area contributed by atoms with E-state index in [-0.39, 0.29) is 12.1 Å². The van der Waals surface area contributed by atoms with Crippen molar-refractivity contribution in [2.75, 3.05) is 0 Å². The molecule has 0 amide bonds. The van der Waals surface area contributed by atoms with E-state index in [9.17, 15) is 4.79 Å². The summed E-state index contributed by atoms with van der Waals surface area (Å²) in [5, 5.41) is 0. The van der Waals surface area contributed by atoms with Gasteiger partial charge in [-0.15, -0.1) is 0 Å². The second-order valence-electron chi connectivity index (χ2n) is 9.15. The van der Waals surface area contributed by atoms with Crippen LogP contribution in [0, 0.1) is 29.6 Å². The Morgan fingerprint density at radius 3 is 2.33 bits per heavy atom. The van der Waals surface area contributed by atoms with Crippen molar-refractivity contribution in [3.05, 3.63) is 47.5 Å². The molecule has 30 heavy (non-hydrogen) atoms. The Bertz CT molecular complexity index is 733. The SMILES string of the molecule is CCC[C@H]1CC[C@H](C=CC#C[C@H]2CC[C@H](OC(=O)c3ccc(CC)cc3)CC2)CC1. The second kappa shape index (κ2) is 12.0. The maximum absolute atomic E-state index is 12.4. The lowest BCUT2D eigenvalue weighted by Gasteiger charge is -2.26. The molecule has 0 unspecified atom stereocenters. The molecule has 0 spiro atoms. The van der Waals surface area contributed by atoms with Gasteiger partial charge in [0.05, 0.1) is 5.56 Å². The molecule has 0 saturated heterocycles. The van der Waals surface area contributed by atoms with E-state index in [1.807, 2.05) is 24.3 Å². The number of ether oxygens (including phenoxy) is 1. The highest BCUT2D eigenvalue weighted by atomic mass is 16.5. The molecule has 0 aromatic heterocycles. The number of esters is 1. The van der Waals surface area contributed by atoms with E-state index in [4.69, 9.17) is 4.74 Å². The van der Waals surface area contributed by atoms with E-state index in [0.29, 0.717) is 11.5 Å². The third-order valence-electron chi connectivity index (χ3n) is 6.87. The Balaban J connectivity index is 1.36. The average molecular weight is 407 g/mol. The van der Waals surface area contributed by atoms with Crippen LogP contribution in [-0.2, 0) is 11.2 Å². The largest absolute Gasteiger partial charge is 0.459 e. The molecule has 2 nitrogen and oxygen atoms in total. The van der Waals surface area contributed by atoms with Gasteiger partial charge in [-0.05, 0) is 93.4 Å². The zero-order chi connectivity index (χ0) is 21.2. The van der Waals surface area contributed by atoms with Crippen LogP contribution in [-0.4, -0.2) is 12.1 Å². The molecule has 1 aromatic rings. The maximum Gasteiger partial charge on any atom is 0.338 e. The highest BCUT2D eigenvalue weighted by Crippen LogP contribution is 2.32. The number of carbonyl (C=O) groups excluding carboxylic acids is 1. The van der Waals surface area contributed by atoms with Crippen LogP contribution in [0.15, 0.2) is 36.4 Å². The highest BCUT2D eigenvalue weighted by Gasteiger charge is 2.23. The lowest BCUT2D eigenvalue weighted by atomic mass is 9.80. The van der Waals surface area contributed by atoms with Gasteiger partial charge in [0, 0.05) is 5.92 Å². The van der Waals surface area contributed by atoms with Gasteiger partial charge in [0.2, 0.25) is 0 Å². The van der Waals surface area contributed by atoms with Crippen LogP contribution in [0.25, 0.3) is 0 Å². The van der Waals surface area contributed by atoms with E-state index < -0.39 is 0 Å². The van der Waals surface area contributed by atoms with Crippen LogP contribution in [0.4, 0.5) is 0 Å². The van der Waals surface area contributed by atoms with Gasteiger partial charge in [0.1, 0.15) is 6.10 Å². The fraction of sp³-hybridized carbons (Fsp3) is 0.607. The van der Waals surface area contributed by atoms with Crippen molar-refractivity contribution in [1.82, 2.24) is 0 Å². The Hall–Kier alpha value is -2.01. The van der Waals surface area contributed by atoms with E-state index in [1.54, 1.807) is 0 Å². The molecule has 2 heteroatoms. The molecule has 0 bridgehead atoms. The van der Waals surface area contributed by atoms with Gasteiger partial charge in [0.25, 0.3) is 0 Å². The Morgan fingerprint density at radius 1 is 1.00 bits per heavy atom. The molecule has 2 fully saturated rings. The minimum absolute atomic E-state index is 0.0373. The fourth-order valence-corrected chi connectivity index (χ4v) is 4.85. The fourth-order valence-electron chi connectivity index (χ4n) is 4.85.